The highest BCUT2D eigenvalue weighted by Crippen LogP contribution is 2.23. The molecule has 1 unspecified atom stereocenters. The summed E-state index contributed by atoms with van der Waals surface area (Å²) >= 11 is 7.39. The van der Waals surface area contributed by atoms with Crippen molar-refractivity contribution in [2.24, 2.45) is 0 Å². The van der Waals surface area contributed by atoms with E-state index in [0.29, 0.717) is 5.56 Å². The molecule has 0 aromatic heterocycles. The Morgan fingerprint density at radius 3 is 2.88 bits per heavy atom. The van der Waals surface area contributed by atoms with E-state index in [1.165, 1.54) is 12.1 Å². The number of phenolic OH excluding ortho intramolecular Hbond substituents is 1. The Labute approximate surface area is 104 Å². The lowest BCUT2D eigenvalue weighted by molar-refractivity contribution is 0.0944. The molecule has 1 aromatic rings. The molecular formula is C11H14ClNO2S. The maximum atomic E-state index is 11.7. The molecule has 16 heavy (non-hydrogen) atoms. The van der Waals surface area contributed by atoms with Crippen LogP contribution in [0.2, 0.25) is 5.02 Å². The monoisotopic (exact) mass is 259 g/mol. The number of hydrogen-bond donors (Lipinski definition) is 2. The zero-order valence-corrected chi connectivity index (χ0v) is 10.7. The Morgan fingerprint density at radius 1 is 1.62 bits per heavy atom. The van der Waals surface area contributed by atoms with E-state index in [0.717, 1.165) is 5.75 Å². The van der Waals surface area contributed by atoms with Gasteiger partial charge >= 0.3 is 0 Å². The summed E-state index contributed by atoms with van der Waals surface area (Å²) in [5.41, 5.74) is 0.454. The van der Waals surface area contributed by atoms with Crippen molar-refractivity contribution in [3.8, 4) is 5.75 Å². The van der Waals surface area contributed by atoms with E-state index >= 15 is 0 Å². The second-order valence-electron chi connectivity index (χ2n) is 3.50. The fourth-order valence-electron chi connectivity index (χ4n) is 1.25. The van der Waals surface area contributed by atoms with Crippen molar-refractivity contribution in [2.45, 2.75) is 13.0 Å². The highest BCUT2D eigenvalue weighted by molar-refractivity contribution is 7.98. The molecule has 88 valence electrons. The highest BCUT2D eigenvalue weighted by atomic mass is 35.5. The van der Waals surface area contributed by atoms with Gasteiger partial charge in [0.2, 0.25) is 0 Å². The number of thioether (sulfide) groups is 1. The number of aromatic hydroxyl groups is 1. The summed E-state index contributed by atoms with van der Waals surface area (Å²) in [6.07, 6.45) is 1.99. The normalized spacial score (nSPS) is 12.2. The molecule has 5 heteroatoms. The smallest absolute Gasteiger partial charge is 0.251 e. The Morgan fingerprint density at radius 2 is 2.31 bits per heavy atom. The first-order valence-corrected chi connectivity index (χ1v) is 6.60. The van der Waals surface area contributed by atoms with Crippen LogP contribution in [0, 0.1) is 0 Å². The summed E-state index contributed by atoms with van der Waals surface area (Å²) in [7, 11) is 0. The van der Waals surface area contributed by atoms with E-state index in [2.05, 4.69) is 5.32 Å². The third-order valence-corrected chi connectivity index (χ3v) is 3.14. The van der Waals surface area contributed by atoms with E-state index in [1.54, 1.807) is 17.8 Å². The minimum atomic E-state index is -0.177. The molecule has 2 N–H and O–H groups in total. The zero-order chi connectivity index (χ0) is 12.1. The van der Waals surface area contributed by atoms with Gasteiger partial charge in [-0.25, -0.2) is 0 Å². The molecule has 1 amide bonds. The van der Waals surface area contributed by atoms with Gasteiger partial charge in [-0.1, -0.05) is 11.6 Å². The molecule has 0 bridgehead atoms. The van der Waals surface area contributed by atoms with Crippen LogP contribution in [0.5, 0.6) is 5.75 Å². The summed E-state index contributed by atoms with van der Waals surface area (Å²) < 4.78 is 0. The number of hydrogen-bond acceptors (Lipinski definition) is 3. The first kappa shape index (κ1) is 13.2. The summed E-state index contributed by atoms with van der Waals surface area (Å²) in [6.45, 7) is 1.94. The predicted molar refractivity (Wildman–Crippen MR) is 68.4 cm³/mol. The molecule has 0 aliphatic rings. The molecule has 0 spiro atoms. The number of rotatable bonds is 4. The van der Waals surface area contributed by atoms with Crippen LogP contribution >= 0.6 is 23.4 Å². The largest absolute Gasteiger partial charge is 0.506 e. The van der Waals surface area contributed by atoms with Crippen LogP contribution < -0.4 is 5.32 Å². The number of carbonyl (C=O) groups is 1. The van der Waals surface area contributed by atoms with Crippen LogP contribution in [0.25, 0.3) is 0 Å². The lowest BCUT2D eigenvalue weighted by atomic mass is 10.2. The Bertz CT molecular complexity index is 384. The van der Waals surface area contributed by atoms with Gasteiger partial charge in [0.05, 0.1) is 5.02 Å². The van der Waals surface area contributed by atoms with Crippen molar-refractivity contribution >= 4 is 29.3 Å². The summed E-state index contributed by atoms with van der Waals surface area (Å²) in [6, 6.07) is 4.52. The average Bonchev–Trinajstić information content (AvgIpc) is 2.22. The fourth-order valence-corrected chi connectivity index (χ4v) is 2.01. The van der Waals surface area contributed by atoms with Gasteiger partial charge in [-0.2, -0.15) is 11.8 Å². The average molecular weight is 260 g/mol. The molecule has 0 aliphatic carbocycles. The Balaban J connectivity index is 2.69. The van der Waals surface area contributed by atoms with Gasteiger partial charge in [0.1, 0.15) is 5.75 Å². The minimum absolute atomic E-state index is 0.0182. The Kier molecular flexibility index (Phi) is 4.96. The van der Waals surface area contributed by atoms with Gasteiger partial charge < -0.3 is 10.4 Å². The molecule has 0 radical (unpaired) electrons. The first-order valence-electron chi connectivity index (χ1n) is 4.83. The van der Waals surface area contributed by atoms with Crippen molar-refractivity contribution < 1.29 is 9.90 Å². The molecule has 0 aliphatic heterocycles. The molecule has 1 aromatic carbocycles. The third-order valence-electron chi connectivity index (χ3n) is 2.00. The third kappa shape index (κ3) is 3.61. The van der Waals surface area contributed by atoms with Crippen LogP contribution in [0.3, 0.4) is 0 Å². The van der Waals surface area contributed by atoms with Crippen molar-refractivity contribution in [2.75, 3.05) is 12.0 Å². The van der Waals surface area contributed by atoms with Gasteiger partial charge in [0.25, 0.3) is 5.91 Å². The lowest BCUT2D eigenvalue weighted by Gasteiger charge is -2.12. The van der Waals surface area contributed by atoms with Crippen molar-refractivity contribution in [1.29, 1.82) is 0 Å². The number of halogens is 1. The van der Waals surface area contributed by atoms with E-state index in [9.17, 15) is 9.90 Å². The van der Waals surface area contributed by atoms with Gasteiger partial charge in [-0.15, -0.1) is 0 Å². The maximum Gasteiger partial charge on any atom is 0.251 e. The topological polar surface area (TPSA) is 49.3 Å². The molecule has 0 heterocycles. The van der Waals surface area contributed by atoms with Gasteiger partial charge in [0.15, 0.2) is 0 Å². The number of benzene rings is 1. The van der Waals surface area contributed by atoms with E-state index in [1.807, 2.05) is 13.2 Å². The molecule has 0 saturated heterocycles. The van der Waals surface area contributed by atoms with Crippen LogP contribution in [0.15, 0.2) is 18.2 Å². The highest BCUT2D eigenvalue weighted by Gasteiger charge is 2.10. The van der Waals surface area contributed by atoms with Crippen molar-refractivity contribution in [3.05, 3.63) is 28.8 Å². The quantitative estimate of drug-likeness (QED) is 0.874. The number of carbonyl (C=O) groups excluding carboxylic acids is 1. The SMILES string of the molecule is CSCC(C)NC(=O)c1ccc(O)c(Cl)c1. The molecule has 1 rings (SSSR count). The van der Waals surface area contributed by atoms with E-state index in [-0.39, 0.29) is 22.7 Å². The molecular weight excluding hydrogens is 246 g/mol. The predicted octanol–water partition coefficient (Wildman–Crippen LogP) is 2.53. The lowest BCUT2D eigenvalue weighted by Crippen LogP contribution is -2.34. The molecule has 0 fully saturated rings. The van der Waals surface area contributed by atoms with Crippen molar-refractivity contribution in [3.63, 3.8) is 0 Å². The number of nitrogens with one attached hydrogen (secondary N) is 1. The molecule has 0 saturated carbocycles. The van der Waals surface area contributed by atoms with Crippen LogP contribution in [-0.4, -0.2) is 29.1 Å². The van der Waals surface area contributed by atoms with E-state index < -0.39 is 0 Å². The van der Waals surface area contributed by atoms with Gasteiger partial charge in [0, 0.05) is 17.4 Å². The first-order chi connectivity index (χ1) is 7.54. The van der Waals surface area contributed by atoms with Gasteiger partial charge in [-0.3, -0.25) is 4.79 Å². The number of amides is 1. The molecule has 3 nitrogen and oxygen atoms in total. The minimum Gasteiger partial charge on any atom is -0.506 e. The standard InChI is InChI=1S/C11H14ClNO2S/c1-7(6-16-2)13-11(15)8-3-4-10(14)9(12)5-8/h3-5,7,14H,6H2,1-2H3,(H,13,15). The van der Waals surface area contributed by atoms with Crippen molar-refractivity contribution in [1.82, 2.24) is 5.32 Å². The summed E-state index contributed by atoms with van der Waals surface area (Å²) in [5, 5.41) is 12.3. The maximum absolute atomic E-state index is 11.7. The summed E-state index contributed by atoms with van der Waals surface area (Å²) in [5.74, 6) is 0.663. The van der Waals surface area contributed by atoms with Crippen LogP contribution in [0.1, 0.15) is 17.3 Å². The zero-order valence-electron chi connectivity index (χ0n) is 9.16. The summed E-state index contributed by atoms with van der Waals surface area (Å²) in [4.78, 5) is 11.7. The number of phenols is 1. The van der Waals surface area contributed by atoms with Gasteiger partial charge in [-0.05, 0) is 31.4 Å². The fraction of sp³-hybridized carbons (Fsp3) is 0.364. The van der Waals surface area contributed by atoms with E-state index in [4.69, 9.17) is 11.6 Å². The molecule has 1 atom stereocenters. The second kappa shape index (κ2) is 6.01. The second-order valence-corrected chi connectivity index (χ2v) is 4.81. The van der Waals surface area contributed by atoms with Crippen LogP contribution in [0.4, 0.5) is 0 Å². The Hall–Kier alpha value is -0.870. The van der Waals surface area contributed by atoms with Crippen LogP contribution in [-0.2, 0) is 0 Å².